The molecule has 10 nitrogen and oxygen atoms in total. The molecule has 0 aromatic heterocycles. The molecular formula is C22H46KNO9SSi. The Morgan fingerprint density at radius 2 is 1.37 bits per heavy atom. The first-order valence-electron chi connectivity index (χ1n) is 12.2. The van der Waals surface area contributed by atoms with Gasteiger partial charge in [-0.2, -0.15) is 0 Å². The molecule has 0 fully saturated rings. The summed E-state index contributed by atoms with van der Waals surface area (Å²) in [5.74, 6) is -0.831. The SMILES string of the molecule is CCC(C)C(=O)OCCCS(=O)(=O)[O-].CCO[Si](CCCNC(=O)C(C)CC)(OCC)OCC.[K+]. The topological polar surface area (TPSA) is 140 Å². The summed E-state index contributed by atoms with van der Waals surface area (Å²) in [5, 5.41) is 2.95. The fourth-order valence-electron chi connectivity index (χ4n) is 2.59. The van der Waals surface area contributed by atoms with E-state index in [0.29, 0.717) is 32.8 Å². The molecule has 35 heavy (non-hydrogen) atoms. The minimum atomic E-state index is -4.19. The van der Waals surface area contributed by atoms with E-state index in [2.05, 4.69) is 5.32 Å². The van der Waals surface area contributed by atoms with Crippen molar-refractivity contribution in [3.8, 4) is 0 Å². The van der Waals surface area contributed by atoms with Gasteiger partial charge in [-0.3, -0.25) is 9.59 Å². The summed E-state index contributed by atoms with van der Waals surface area (Å²) in [7, 11) is -6.74. The zero-order valence-corrected chi connectivity index (χ0v) is 28.0. The molecular weight excluding hydrogens is 521 g/mol. The number of esters is 1. The normalized spacial score (nSPS) is 13.0. The van der Waals surface area contributed by atoms with E-state index in [0.717, 1.165) is 18.9 Å². The first kappa shape index (κ1) is 40.1. The molecule has 13 heteroatoms. The molecule has 2 unspecified atom stereocenters. The quantitative estimate of drug-likeness (QED) is 0.106. The molecule has 0 aromatic rings. The standard InChI is InChI=1S/C14H31NO4Si.C8H16O5S.K/c1-6-13(5)14(16)15-11-10-12-20(17-7-2,18-8-3)19-9-4;1-3-7(2)8(9)13-5-4-6-14(10,11)12;/h13H,6-12H2,1-5H3,(H,15,16);7H,3-6H2,1-2H3,(H,10,11,12);/q;;+1/p-1. The number of carbonyl (C=O) groups excluding carboxylic acids is 2. The van der Waals surface area contributed by atoms with Gasteiger partial charge in [0.15, 0.2) is 0 Å². The van der Waals surface area contributed by atoms with Crippen molar-refractivity contribution in [1.82, 2.24) is 5.32 Å². The van der Waals surface area contributed by atoms with Gasteiger partial charge in [0, 0.05) is 44.1 Å². The summed E-state index contributed by atoms with van der Waals surface area (Å²) in [6, 6.07) is 0.739. The molecule has 0 rings (SSSR count). The van der Waals surface area contributed by atoms with E-state index in [1.165, 1.54) is 0 Å². The Labute approximate surface area is 256 Å². The van der Waals surface area contributed by atoms with Crippen molar-refractivity contribution in [2.75, 3.05) is 38.7 Å². The minimum absolute atomic E-state index is 0. The second-order valence-electron chi connectivity index (χ2n) is 7.78. The third-order valence-electron chi connectivity index (χ3n) is 4.91. The Morgan fingerprint density at radius 3 is 1.77 bits per heavy atom. The Morgan fingerprint density at radius 1 is 0.886 bits per heavy atom. The van der Waals surface area contributed by atoms with E-state index in [1.807, 2.05) is 41.5 Å². The van der Waals surface area contributed by atoms with Gasteiger partial charge in [-0.1, -0.05) is 27.7 Å². The first-order valence-corrected chi connectivity index (χ1v) is 15.7. The Kier molecular flexibility index (Phi) is 27.1. The van der Waals surface area contributed by atoms with Crippen LogP contribution in [0.15, 0.2) is 0 Å². The summed E-state index contributed by atoms with van der Waals surface area (Å²) >= 11 is 0. The molecule has 0 aliphatic heterocycles. The van der Waals surface area contributed by atoms with E-state index < -0.39 is 24.7 Å². The largest absolute Gasteiger partial charge is 1.00 e. The average molecular weight is 568 g/mol. The second kappa shape index (κ2) is 23.7. The molecule has 0 bridgehead atoms. The van der Waals surface area contributed by atoms with Gasteiger partial charge in [-0.25, -0.2) is 8.42 Å². The number of nitrogens with one attached hydrogen (secondary N) is 1. The first-order chi connectivity index (χ1) is 15.9. The number of ether oxygens (including phenoxy) is 1. The van der Waals surface area contributed by atoms with Gasteiger partial charge < -0.3 is 27.9 Å². The molecule has 0 aromatic carbocycles. The summed E-state index contributed by atoms with van der Waals surface area (Å²) < 4.78 is 52.6. The van der Waals surface area contributed by atoms with Crippen LogP contribution >= 0.6 is 0 Å². The molecule has 204 valence electrons. The van der Waals surface area contributed by atoms with Gasteiger partial charge in [-0.15, -0.1) is 0 Å². The number of rotatable bonds is 18. The van der Waals surface area contributed by atoms with Crippen LogP contribution in [0, 0.1) is 11.8 Å². The zero-order valence-electron chi connectivity index (χ0n) is 23.0. The van der Waals surface area contributed by atoms with Crippen LogP contribution in [0.2, 0.25) is 6.04 Å². The van der Waals surface area contributed by atoms with Crippen LogP contribution in [0.4, 0.5) is 0 Å². The summed E-state index contributed by atoms with van der Waals surface area (Å²) in [6.07, 6.45) is 2.42. The number of carbonyl (C=O) groups is 2. The third kappa shape index (κ3) is 22.3. The number of hydrogen-bond acceptors (Lipinski definition) is 9. The molecule has 0 heterocycles. The fraction of sp³-hybridized carbons (Fsp3) is 0.909. The van der Waals surface area contributed by atoms with E-state index in [4.69, 9.17) is 18.0 Å². The minimum Gasteiger partial charge on any atom is -0.748 e. The molecule has 0 aliphatic rings. The molecule has 0 radical (unpaired) electrons. The van der Waals surface area contributed by atoms with Crippen LogP contribution in [0.3, 0.4) is 0 Å². The van der Waals surface area contributed by atoms with E-state index in [9.17, 15) is 22.6 Å². The van der Waals surface area contributed by atoms with Crippen LogP contribution < -0.4 is 56.7 Å². The molecule has 0 spiro atoms. The van der Waals surface area contributed by atoms with Crippen LogP contribution in [-0.4, -0.2) is 72.4 Å². The van der Waals surface area contributed by atoms with Crippen LogP contribution in [-0.2, 0) is 37.7 Å². The Bertz CT molecular complexity index is 636. The smallest absolute Gasteiger partial charge is 0.748 e. The van der Waals surface area contributed by atoms with Gasteiger partial charge in [0.05, 0.1) is 22.6 Å². The van der Waals surface area contributed by atoms with E-state index in [1.54, 1.807) is 6.92 Å². The van der Waals surface area contributed by atoms with E-state index >= 15 is 0 Å². The number of amides is 1. The van der Waals surface area contributed by atoms with Crippen molar-refractivity contribution >= 4 is 30.8 Å². The summed E-state index contributed by atoms with van der Waals surface area (Å²) in [4.78, 5) is 22.7. The molecule has 0 saturated heterocycles. The predicted octanol–water partition coefficient (Wildman–Crippen LogP) is 0.102. The van der Waals surface area contributed by atoms with Crippen LogP contribution in [0.5, 0.6) is 0 Å². The second-order valence-corrected chi connectivity index (χ2v) is 12.0. The van der Waals surface area contributed by atoms with Gasteiger partial charge in [0.2, 0.25) is 5.91 Å². The molecule has 1 amide bonds. The van der Waals surface area contributed by atoms with Crippen LogP contribution in [0.25, 0.3) is 0 Å². The molecule has 0 aliphatic carbocycles. The van der Waals surface area contributed by atoms with E-state index in [-0.39, 0.29) is 88.1 Å². The Balaban J connectivity index is -0.000000603. The zero-order chi connectivity index (χ0) is 26.6. The maximum Gasteiger partial charge on any atom is 1.00 e. The van der Waals surface area contributed by atoms with Crippen LogP contribution in [0.1, 0.15) is 74.1 Å². The molecule has 1 N–H and O–H groups in total. The summed E-state index contributed by atoms with van der Waals surface area (Å²) in [6.45, 7) is 15.8. The van der Waals surface area contributed by atoms with Crippen molar-refractivity contribution in [3.05, 3.63) is 0 Å². The van der Waals surface area contributed by atoms with Gasteiger partial charge in [-0.05, 0) is 46.5 Å². The van der Waals surface area contributed by atoms with Crippen molar-refractivity contribution in [1.29, 1.82) is 0 Å². The summed E-state index contributed by atoms with van der Waals surface area (Å²) in [5.41, 5.74) is 0. The van der Waals surface area contributed by atoms with Gasteiger partial charge in [0.1, 0.15) is 0 Å². The predicted molar refractivity (Wildman–Crippen MR) is 132 cm³/mol. The molecule has 0 saturated carbocycles. The Hall–Kier alpha value is 0.583. The van der Waals surface area contributed by atoms with Crippen molar-refractivity contribution in [2.45, 2.75) is 80.2 Å². The van der Waals surface area contributed by atoms with Crippen molar-refractivity contribution in [3.63, 3.8) is 0 Å². The van der Waals surface area contributed by atoms with Crippen molar-refractivity contribution < 1.29 is 92.0 Å². The van der Waals surface area contributed by atoms with Gasteiger partial charge in [0.25, 0.3) is 0 Å². The van der Waals surface area contributed by atoms with Gasteiger partial charge >= 0.3 is 66.2 Å². The number of hydrogen-bond donors (Lipinski definition) is 1. The molecule has 2 atom stereocenters. The third-order valence-corrected chi connectivity index (χ3v) is 8.85. The average Bonchev–Trinajstić information content (AvgIpc) is 2.78. The maximum atomic E-state index is 11.7. The fourth-order valence-corrected chi connectivity index (χ4v) is 5.68. The maximum absolute atomic E-state index is 11.7. The monoisotopic (exact) mass is 567 g/mol. The van der Waals surface area contributed by atoms with Crippen molar-refractivity contribution in [2.24, 2.45) is 11.8 Å².